The first kappa shape index (κ1) is 94.7. The van der Waals surface area contributed by atoms with Gasteiger partial charge in [-0.3, -0.25) is 0 Å². The van der Waals surface area contributed by atoms with E-state index in [1.54, 1.807) is 0 Å². The Bertz CT molecular complexity index is 4050. The van der Waals surface area contributed by atoms with Crippen molar-refractivity contribution in [2.45, 2.75) is 236 Å². The molecule has 12 aromatic carbocycles. The van der Waals surface area contributed by atoms with Crippen molar-refractivity contribution >= 4 is 0 Å². The monoisotopic (exact) mass is 1410 g/mol. The highest BCUT2D eigenvalue weighted by molar-refractivity contribution is 5.83. The van der Waals surface area contributed by atoms with Crippen molar-refractivity contribution in [3.8, 4) is 66.8 Å². The maximum absolute atomic E-state index is 2.33. The van der Waals surface area contributed by atoms with Gasteiger partial charge in [-0.15, -0.1) is 0 Å². The molecule has 0 unspecified atom stereocenters. The van der Waals surface area contributed by atoms with Crippen molar-refractivity contribution in [1.82, 2.24) is 0 Å². The highest BCUT2D eigenvalue weighted by Crippen LogP contribution is 2.47. The number of hydrogen-bond donors (Lipinski definition) is 0. The van der Waals surface area contributed by atoms with Crippen LogP contribution in [0.25, 0.3) is 66.8 Å². The highest BCUT2D eigenvalue weighted by Gasteiger charge is 2.27. The lowest BCUT2D eigenvalue weighted by molar-refractivity contribution is 0.952. The predicted octanol–water partition coefficient (Wildman–Crippen LogP) is 32.8. The molecule has 0 heteroatoms. The fourth-order valence-electron chi connectivity index (χ4n) is 15.4. The Morgan fingerprint density at radius 2 is 0.264 bits per heavy atom. The van der Waals surface area contributed by atoms with Crippen LogP contribution in [0.2, 0.25) is 0 Å². The summed E-state index contributed by atoms with van der Waals surface area (Å²) in [5.74, 6) is 1.09. The molecule has 0 radical (unpaired) electrons. The van der Waals surface area contributed by atoms with Gasteiger partial charge in [0.25, 0.3) is 0 Å². The molecule has 18 rings (SSSR count). The fraction of sp³-hybridized carbons (Fsp3) is 0.321. The van der Waals surface area contributed by atoms with Gasteiger partial charge in [0.2, 0.25) is 0 Å². The van der Waals surface area contributed by atoms with Crippen LogP contribution < -0.4 is 0 Å². The maximum atomic E-state index is 2.33. The minimum Gasteiger partial charge on any atom is -0.0776 e. The highest BCUT2D eigenvalue weighted by atomic mass is 14.3. The van der Waals surface area contributed by atoms with E-state index < -0.39 is 0 Å². The van der Waals surface area contributed by atoms with Crippen LogP contribution in [-0.2, 0) is 25.7 Å². The van der Waals surface area contributed by atoms with Gasteiger partial charge in [0.15, 0.2) is 0 Å². The van der Waals surface area contributed by atoms with Crippen molar-refractivity contribution in [3.63, 3.8) is 0 Å². The third-order valence-electron chi connectivity index (χ3n) is 20.0. The Morgan fingerprint density at radius 3 is 0.387 bits per heavy atom. The number of fused-ring (bicyclic) bond motifs is 18. The quantitative estimate of drug-likeness (QED) is 0.142. The Labute approximate surface area is 651 Å². The third kappa shape index (κ3) is 20.2. The minimum atomic E-state index is 0. The lowest BCUT2D eigenvalue weighted by Gasteiger charge is -2.07. The SMILES string of the molecule is C.C.C.C.C.C.C.C.C.C.CC.CC.Cc1ccc2c(c1)C(C)c1cc(C)ccc1-2.Cc1ccc2c(c1)C(C)c1cc(C)ccc1-2.Cc1ccc2c(c1)Cc1cc(C)ccc1-2.Cc1ccc2c(c1)Cc1cc(C)ccc1-2.Cc1ccc2c(c1)Cc1cc(C)ccc1-2.Cc1ccc2c(c1)Cc1cc(C)ccc1-2. The lowest BCUT2D eigenvalue weighted by Crippen LogP contribution is -1.90. The molecule has 0 aliphatic heterocycles. The van der Waals surface area contributed by atoms with Crippen molar-refractivity contribution in [2.75, 3.05) is 0 Å². The van der Waals surface area contributed by atoms with E-state index in [0.717, 1.165) is 25.7 Å². The van der Waals surface area contributed by atoms with Crippen LogP contribution in [0, 0.1) is 83.1 Å². The number of aryl methyl sites for hydroxylation is 12. The summed E-state index contributed by atoms with van der Waals surface area (Å²) in [7, 11) is 0. The summed E-state index contributed by atoms with van der Waals surface area (Å²) in [6.07, 6.45) is 4.42. The Balaban J connectivity index is 0.000000618. The van der Waals surface area contributed by atoms with Crippen LogP contribution >= 0.6 is 0 Å². The molecule has 564 valence electrons. The smallest absolute Gasteiger partial charge is 0.00735 e. The number of rotatable bonds is 0. The molecule has 0 spiro atoms. The van der Waals surface area contributed by atoms with Gasteiger partial charge in [0.05, 0.1) is 0 Å². The molecule has 0 heterocycles. The van der Waals surface area contributed by atoms with E-state index in [4.69, 9.17) is 0 Å². The largest absolute Gasteiger partial charge is 0.0776 e. The molecule has 0 N–H and O–H groups in total. The summed E-state index contributed by atoms with van der Waals surface area (Å²) in [6.45, 7) is 38.6. The summed E-state index contributed by atoms with van der Waals surface area (Å²) in [4.78, 5) is 0. The van der Waals surface area contributed by atoms with Gasteiger partial charge in [-0.25, -0.2) is 0 Å². The van der Waals surface area contributed by atoms with Gasteiger partial charge in [0.1, 0.15) is 0 Å². The molecule has 0 atom stereocenters. The predicted molar refractivity (Wildman–Crippen MR) is 484 cm³/mol. The second-order valence-electron chi connectivity index (χ2n) is 27.8. The van der Waals surface area contributed by atoms with Crippen LogP contribution in [0.5, 0.6) is 0 Å². The van der Waals surface area contributed by atoms with Gasteiger partial charge in [-0.2, -0.15) is 0 Å². The van der Waals surface area contributed by atoms with Gasteiger partial charge < -0.3 is 0 Å². The summed E-state index contributed by atoms with van der Waals surface area (Å²) < 4.78 is 0. The maximum Gasteiger partial charge on any atom is 0.00735 e. The Morgan fingerprint density at radius 1 is 0.160 bits per heavy atom. The zero-order valence-electron chi connectivity index (χ0n) is 60.8. The van der Waals surface area contributed by atoms with E-state index in [9.17, 15) is 0 Å². The van der Waals surface area contributed by atoms with E-state index in [1.165, 1.54) is 200 Å². The molecule has 12 aromatic rings. The summed E-state index contributed by atoms with van der Waals surface area (Å²) >= 11 is 0. The van der Waals surface area contributed by atoms with Crippen LogP contribution in [0.15, 0.2) is 218 Å². The third-order valence-corrected chi connectivity index (χ3v) is 20.0. The zero-order valence-corrected chi connectivity index (χ0v) is 60.8. The number of hydrogen-bond acceptors (Lipinski definition) is 0. The standard InChI is InChI=1S/2C16H16.4C15H14.2C2H6.10CH4/c2*1-10-4-6-13-14-7-5-11(2)9-16(14)12(3)15(13)8-10;4*1-10-3-5-14-12(7-10)9-13-8-11(2)4-6-15(13)14;2*1-2;;;;;;;;;;/h2*4-9,12H,1-3H3;4*3-8H,9H2,1-2H3;2*1-2H3;10*1H4. The molecule has 6 aliphatic rings. The molecule has 106 heavy (non-hydrogen) atoms. The lowest BCUT2D eigenvalue weighted by atomic mass is 9.97. The van der Waals surface area contributed by atoms with Crippen LogP contribution in [-0.4, -0.2) is 0 Å². The topological polar surface area (TPSA) is 0 Å². The van der Waals surface area contributed by atoms with Crippen LogP contribution in [0.3, 0.4) is 0 Å². The first-order chi connectivity index (χ1) is 46.3. The average Bonchev–Trinajstić information content (AvgIpc) is 1.59. The second-order valence-corrected chi connectivity index (χ2v) is 27.8. The Kier molecular flexibility index (Phi) is 36.6. The van der Waals surface area contributed by atoms with Gasteiger partial charge in [-0.1, -0.05) is 401 Å². The molecule has 0 fully saturated rings. The first-order valence-electron chi connectivity index (χ1n) is 35.5. The zero-order chi connectivity index (χ0) is 68.2. The normalized spacial score (nSPS) is 11.3. The van der Waals surface area contributed by atoms with E-state index >= 15 is 0 Å². The molecular formula is C106H140. The van der Waals surface area contributed by atoms with Gasteiger partial charge >= 0.3 is 0 Å². The van der Waals surface area contributed by atoms with Gasteiger partial charge in [-0.05, 0) is 242 Å². The van der Waals surface area contributed by atoms with Crippen LogP contribution in [0.1, 0.15) is 261 Å². The van der Waals surface area contributed by atoms with Crippen molar-refractivity contribution < 1.29 is 0 Å². The average molecular weight is 1410 g/mol. The van der Waals surface area contributed by atoms with Crippen molar-refractivity contribution in [1.29, 1.82) is 0 Å². The van der Waals surface area contributed by atoms with Crippen LogP contribution in [0.4, 0.5) is 0 Å². The minimum absolute atomic E-state index is 0. The Hall–Kier alpha value is -9.36. The van der Waals surface area contributed by atoms with E-state index in [0.29, 0.717) is 11.8 Å². The van der Waals surface area contributed by atoms with E-state index in [1.807, 2.05) is 27.7 Å². The molecule has 0 amide bonds. The van der Waals surface area contributed by atoms with E-state index in [-0.39, 0.29) is 74.3 Å². The molecule has 0 saturated heterocycles. The second kappa shape index (κ2) is 40.9. The molecule has 0 saturated carbocycles. The van der Waals surface area contributed by atoms with Crippen molar-refractivity contribution in [3.05, 3.63) is 352 Å². The summed E-state index contributed by atoms with van der Waals surface area (Å²) in [6, 6.07) is 81.4. The van der Waals surface area contributed by atoms with Gasteiger partial charge in [0, 0.05) is 11.8 Å². The summed E-state index contributed by atoms with van der Waals surface area (Å²) in [5, 5.41) is 0. The fourth-order valence-corrected chi connectivity index (χ4v) is 15.4. The summed E-state index contributed by atoms with van der Waals surface area (Å²) in [5.41, 5.74) is 51.2. The molecule has 0 nitrogen and oxygen atoms in total. The van der Waals surface area contributed by atoms with E-state index in [2.05, 4.69) is 315 Å². The molecular weight excluding hydrogens is 1270 g/mol. The van der Waals surface area contributed by atoms with Crippen molar-refractivity contribution in [2.24, 2.45) is 0 Å². The number of benzene rings is 12. The first-order valence-corrected chi connectivity index (χ1v) is 35.5. The molecule has 6 aliphatic carbocycles. The molecule has 0 aromatic heterocycles. The molecule has 0 bridgehead atoms.